The molecule has 0 aliphatic carbocycles. The molecule has 1 amide bonds. The summed E-state index contributed by atoms with van der Waals surface area (Å²) in [4.78, 5) is 25.6. The van der Waals surface area contributed by atoms with E-state index in [1.54, 1.807) is 24.1 Å². The molecule has 0 radical (unpaired) electrons. The maximum absolute atomic E-state index is 12.6. The van der Waals surface area contributed by atoms with Gasteiger partial charge >= 0.3 is 0 Å². The molecule has 7 nitrogen and oxygen atoms in total. The molecule has 8 heteroatoms. The highest BCUT2D eigenvalue weighted by Gasteiger charge is 2.20. The molecular weight excluding hydrogens is 368 g/mol. The molecule has 0 aromatic heterocycles. The maximum atomic E-state index is 12.6. The van der Waals surface area contributed by atoms with Crippen molar-refractivity contribution in [2.24, 2.45) is 0 Å². The van der Waals surface area contributed by atoms with Gasteiger partial charge in [0.2, 0.25) is 5.91 Å². The number of hydrogen-bond acceptors (Lipinski definition) is 6. The number of thioether (sulfide) groups is 1. The highest BCUT2D eigenvalue weighted by atomic mass is 32.2. The Kier molecular flexibility index (Phi) is 5.85. The summed E-state index contributed by atoms with van der Waals surface area (Å²) in [5.74, 6) is 1.61. The smallest absolute Gasteiger partial charge is 0.269 e. The Bertz CT molecular complexity index is 858. The summed E-state index contributed by atoms with van der Waals surface area (Å²) in [6.07, 6.45) is 0. The summed E-state index contributed by atoms with van der Waals surface area (Å²) in [6.45, 7) is 2.91. The van der Waals surface area contributed by atoms with Crippen molar-refractivity contribution in [1.82, 2.24) is 4.90 Å². The van der Waals surface area contributed by atoms with Crippen LogP contribution < -0.4 is 9.47 Å². The maximum Gasteiger partial charge on any atom is 0.269 e. The van der Waals surface area contributed by atoms with Crippen LogP contribution in [0.4, 0.5) is 5.69 Å². The first kappa shape index (κ1) is 19.0. The second-order valence-electron chi connectivity index (χ2n) is 6.13. The van der Waals surface area contributed by atoms with E-state index in [-0.39, 0.29) is 23.4 Å². The fourth-order valence-electron chi connectivity index (χ4n) is 2.70. The average Bonchev–Trinajstić information content (AvgIpc) is 2.70. The second-order valence-corrected chi connectivity index (χ2v) is 7.18. The van der Waals surface area contributed by atoms with E-state index in [1.807, 2.05) is 25.1 Å². The van der Waals surface area contributed by atoms with Gasteiger partial charge in [-0.25, -0.2) is 0 Å². The molecule has 0 spiro atoms. The number of nitro benzene ring substituents is 1. The van der Waals surface area contributed by atoms with Crippen LogP contribution in [-0.4, -0.2) is 41.7 Å². The molecule has 0 unspecified atom stereocenters. The number of nitrogens with zero attached hydrogens (tertiary/aromatic N) is 2. The predicted octanol–water partition coefficient (Wildman–Crippen LogP) is 3.68. The van der Waals surface area contributed by atoms with Gasteiger partial charge in [-0.05, 0) is 30.7 Å². The lowest BCUT2D eigenvalue weighted by molar-refractivity contribution is -0.384. The van der Waals surface area contributed by atoms with Crippen LogP contribution in [0.5, 0.6) is 11.5 Å². The first-order valence-electron chi connectivity index (χ1n) is 8.48. The first-order chi connectivity index (χ1) is 13.0. The Hall–Kier alpha value is -2.74. The molecule has 0 saturated carbocycles. The van der Waals surface area contributed by atoms with Gasteiger partial charge in [0.15, 0.2) is 11.5 Å². The second kappa shape index (κ2) is 8.30. The molecule has 27 heavy (non-hydrogen) atoms. The van der Waals surface area contributed by atoms with E-state index in [9.17, 15) is 14.9 Å². The van der Waals surface area contributed by atoms with E-state index in [2.05, 4.69) is 0 Å². The number of carbonyl (C=O) groups excluding carboxylic acids is 1. The molecule has 0 bridgehead atoms. The normalized spacial score (nSPS) is 13.7. The number of amides is 1. The lowest BCUT2D eigenvalue weighted by Gasteiger charge is -2.25. The standard InChI is InChI=1S/C19H20N2O5S/c1-13(14-4-3-5-15(10-14)21(23)24)20(2)19(22)12-27-16-6-7-17-18(11-16)26-9-8-25-17/h3-7,10-11,13H,8-9,12H2,1-2H3/t13-/m0/s1. The van der Waals surface area contributed by atoms with Crippen molar-refractivity contribution in [1.29, 1.82) is 0 Å². The zero-order chi connectivity index (χ0) is 19.4. The van der Waals surface area contributed by atoms with Gasteiger partial charge in [0, 0.05) is 24.1 Å². The van der Waals surface area contributed by atoms with Crippen LogP contribution in [0.1, 0.15) is 18.5 Å². The molecule has 0 fully saturated rings. The van der Waals surface area contributed by atoms with Crippen molar-refractivity contribution in [3.63, 3.8) is 0 Å². The number of ether oxygens (including phenoxy) is 2. The fraction of sp³-hybridized carbons (Fsp3) is 0.316. The molecule has 3 rings (SSSR count). The summed E-state index contributed by atoms with van der Waals surface area (Å²) in [6, 6.07) is 11.7. The van der Waals surface area contributed by atoms with Crippen molar-refractivity contribution in [2.45, 2.75) is 17.9 Å². The molecule has 0 saturated heterocycles. The molecule has 142 valence electrons. The third-order valence-electron chi connectivity index (χ3n) is 4.41. The SMILES string of the molecule is C[C@@H](c1cccc([N+](=O)[O-])c1)N(C)C(=O)CSc1ccc2c(c1)OCCO2. The van der Waals surface area contributed by atoms with E-state index >= 15 is 0 Å². The molecular formula is C19H20N2O5S. The van der Waals surface area contributed by atoms with Crippen LogP contribution in [0.15, 0.2) is 47.4 Å². The molecule has 2 aromatic carbocycles. The Labute approximate surface area is 161 Å². The highest BCUT2D eigenvalue weighted by molar-refractivity contribution is 8.00. The number of carbonyl (C=O) groups is 1. The van der Waals surface area contributed by atoms with Crippen LogP contribution in [0, 0.1) is 10.1 Å². The topological polar surface area (TPSA) is 81.9 Å². The third kappa shape index (κ3) is 4.51. The zero-order valence-corrected chi connectivity index (χ0v) is 15.9. The quantitative estimate of drug-likeness (QED) is 0.427. The molecule has 1 aliphatic rings. The summed E-state index contributed by atoms with van der Waals surface area (Å²) < 4.78 is 11.0. The Balaban J connectivity index is 1.62. The van der Waals surface area contributed by atoms with Crippen LogP contribution in [0.2, 0.25) is 0 Å². The minimum Gasteiger partial charge on any atom is -0.486 e. The molecule has 1 aliphatic heterocycles. The summed E-state index contributed by atoms with van der Waals surface area (Å²) >= 11 is 1.42. The average molecular weight is 388 g/mol. The summed E-state index contributed by atoms with van der Waals surface area (Å²) in [5, 5.41) is 10.9. The fourth-order valence-corrected chi connectivity index (χ4v) is 3.55. The zero-order valence-electron chi connectivity index (χ0n) is 15.1. The van der Waals surface area contributed by atoms with E-state index in [1.165, 1.54) is 23.9 Å². The third-order valence-corrected chi connectivity index (χ3v) is 5.39. The van der Waals surface area contributed by atoms with Crippen LogP contribution in [-0.2, 0) is 4.79 Å². The van der Waals surface area contributed by atoms with E-state index < -0.39 is 4.92 Å². The van der Waals surface area contributed by atoms with Gasteiger partial charge in [0.1, 0.15) is 13.2 Å². The number of non-ortho nitro benzene ring substituents is 1. The molecule has 1 heterocycles. The Morgan fingerprint density at radius 1 is 1.22 bits per heavy atom. The van der Waals surface area contributed by atoms with E-state index in [0.717, 1.165) is 10.5 Å². The monoisotopic (exact) mass is 388 g/mol. The number of rotatable bonds is 6. The Morgan fingerprint density at radius 2 is 1.96 bits per heavy atom. The van der Waals surface area contributed by atoms with Crippen LogP contribution >= 0.6 is 11.8 Å². The van der Waals surface area contributed by atoms with Crippen molar-refractivity contribution in [3.05, 3.63) is 58.1 Å². The molecule has 1 atom stereocenters. The number of benzene rings is 2. The predicted molar refractivity (Wildman–Crippen MR) is 102 cm³/mol. The van der Waals surface area contributed by atoms with Crippen molar-refractivity contribution >= 4 is 23.4 Å². The molecule has 2 aromatic rings. The first-order valence-corrected chi connectivity index (χ1v) is 9.46. The number of fused-ring (bicyclic) bond motifs is 1. The lowest BCUT2D eigenvalue weighted by Crippen LogP contribution is -2.31. The van der Waals surface area contributed by atoms with Gasteiger partial charge in [-0.2, -0.15) is 0 Å². The van der Waals surface area contributed by atoms with Gasteiger partial charge in [0.05, 0.1) is 16.7 Å². The van der Waals surface area contributed by atoms with E-state index in [0.29, 0.717) is 24.7 Å². The number of nitro groups is 1. The van der Waals surface area contributed by atoms with Gasteiger partial charge in [0.25, 0.3) is 5.69 Å². The Morgan fingerprint density at radius 3 is 2.70 bits per heavy atom. The summed E-state index contributed by atoms with van der Waals surface area (Å²) in [7, 11) is 1.70. The van der Waals surface area contributed by atoms with Crippen LogP contribution in [0.3, 0.4) is 0 Å². The van der Waals surface area contributed by atoms with Gasteiger partial charge in [-0.1, -0.05) is 12.1 Å². The molecule has 0 N–H and O–H groups in total. The summed E-state index contributed by atoms with van der Waals surface area (Å²) in [5.41, 5.74) is 0.746. The van der Waals surface area contributed by atoms with Gasteiger partial charge < -0.3 is 14.4 Å². The van der Waals surface area contributed by atoms with Gasteiger partial charge in [-0.3, -0.25) is 14.9 Å². The van der Waals surface area contributed by atoms with Crippen molar-refractivity contribution in [2.75, 3.05) is 26.0 Å². The van der Waals surface area contributed by atoms with Gasteiger partial charge in [-0.15, -0.1) is 11.8 Å². The van der Waals surface area contributed by atoms with Crippen molar-refractivity contribution in [3.8, 4) is 11.5 Å². The largest absolute Gasteiger partial charge is 0.486 e. The van der Waals surface area contributed by atoms with Crippen molar-refractivity contribution < 1.29 is 19.2 Å². The minimum absolute atomic E-state index is 0.0193. The van der Waals surface area contributed by atoms with E-state index in [4.69, 9.17) is 9.47 Å². The highest BCUT2D eigenvalue weighted by Crippen LogP contribution is 2.34. The van der Waals surface area contributed by atoms with Crippen LogP contribution in [0.25, 0.3) is 0 Å². The minimum atomic E-state index is -0.435. The number of hydrogen-bond donors (Lipinski definition) is 0. The lowest BCUT2D eigenvalue weighted by atomic mass is 10.1.